The lowest BCUT2D eigenvalue weighted by atomic mass is 10.2. The summed E-state index contributed by atoms with van der Waals surface area (Å²) in [5.74, 6) is -0.505. The van der Waals surface area contributed by atoms with Gasteiger partial charge in [0.05, 0.1) is 0 Å². The summed E-state index contributed by atoms with van der Waals surface area (Å²) in [6, 6.07) is 8.10. The number of aromatic hydroxyl groups is 1. The van der Waals surface area contributed by atoms with Gasteiger partial charge in [-0.3, -0.25) is 9.20 Å². The quantitative estimate of drug-likeness (QED) is 0.741. The van der Waals surface area contributed by atoms with E-state index in [-0.39, 0.29) is 16.8 Å². The summed E-state index contributed by atoms with van der Waals surface area (Å²) in [6.07, 6.45) is 2.50. The van der Waals surface area contributed by atoms with E-state index in [2.05, 4.69) is 4.98 Å². The molecule has 6 heteroatoms. The van der Waals surface area contributed by atoms with E-state index in [0.29, 0.717) is 0 Å². The molecule has 0 radical (unpaired) electrons. The van der Waals surface area contributed by atoms with E-state index in [0.717, 1.165) is 6.08 Å². The van der Waals surface area contributed by atoms with E-state index in [1.165, 1.54) is 10.6 Å². The molecule has 1 N–H and O–H groups in total. The van der Waals surface area contributed by atoms with Gasteiger partial charge < -0.3 is 5.11 Å². The molecule has 86 valence electrons. The Bertz CT molecular complexity index is 774. The highest BCUT2D eigenvalue weighted by atomic mass is 16.3. The van der Waals surface area contributed by atoms with Crippen molar-refractivity contribution < 1.29 is 5.11 Å². The summed E-state index contributed by atoms with van der Waals surface area (Å²) in [6.45, 7) is 0. The fourth-order valence-corrected chi connectivity index (χ4v) is 1.45. The number of hydrogen-bond donors (Lipinski definition) is 1. The molecule has 2 heterocycles. The fraction of sp³-hybridized carbons (Fsp3) is 0. The van der Waals surface area contributed by atoms with Gasteiger partial charge in [-0.2, -0.15) is 15.5 Å². The van der Waals surface area contributed by atoms with E-state index >= 15 is 0 Å². The first-order valence-corrected chi connectivity index (χ1v) is 4.89. The van der Waals surface area contributed by atoms with Gasteiger partial charge in [0.2, 0.25) is 5.88 Å². The maximum atomic E-state index is 12.0. The first-order valence-electron chi connectivity index (χ1n) is 4.89. The number of aromatic nitrogens is 2. The molecule has 2 aromatic heterocycles. The number of nitrogens with zero attached hydrogens (tertiary/aromatic N) is 4. The molecule has 0 bridgehead atoms. The molecule has 2 rings (SSSR count). The number of nitriles is 2. The van der Waals surface area contributed by atoms with Gasteiger partial charge in [0.1, 0.15) is 28.9 Å². The number of allylic oxidation sites excluding steroid dienone is 1. The maximum Gasteiger partial charge on any atom is 0.269 e. The van der Waals surface area contributed by atoms with Crippen molar-refractivity contribution in [3.8, 4) is 18.0 Å². The number of hydrogen-bond acceptors (Lipinski definition) is 5. The third kappa shape index (κ3) is 1.79. The smallest absolute Gasteiger partial charge is 0.269 e. The van der Waals surface area contributed by atoms with Gasteiger partial charge in [-0.25, -0.2) is 0 Å². The van der Waals surface area contributed by atoms with E-state index in [1.54, 1.807) is 30.3 Å². The van der Waals surface area contributed by atoms with Crippen LogP contribution in [-0.2, 0) is 0 Å². The molecule has 0 spiro atoms. The van der Waals surface area contributed by atoms with Crippen LogP contribution in [-0.4, -0.2) is 14.5 Å². The predicted octanol–water partition coefficient (Wildman–Crippen LogP) is 0.831. The van der Waals surface area contributed by atoms with Crippen molar-refractivity contribution in [1.82, 2.24) is 9.38 Å². The molecule has 0 atom stereocenters. The molecule has 2 aromatic rings. The van der Waals surface area contributed by atoms with Crippen LogP contribution in [0.2, 0.25) is 0 Å². The van der Waals surface area contributed by atoms with Crippen LogP contribution in [0.25, 0.3) is 11.7 Å². The molecule has 0 amide bonds. The third-order valence-electron chi connectivity index (χ3n) is 2.28. The zero-order valence-corrected chi connectivity index (χ0v) is 9.03. The molecule has 0 aliphatic heterocycles. The van der Waals surface area contributed by atoms with Gasteiger partial charge in [-0.05, 0) is 18.2 Å². The molecule has 0 fully saturated rings. The van der Waals surface area contributed by atoms with Crippen LogP contribution in [0.5, 0.6) is 5.88 Å². The summed E-state index contributed by atoms with van der Waals surface area (Å²) in [5, 5.41) is 26.9. The van der Waals surface area contributed by atoms with Gasteiger partial charge in [-0.15, -0.1) is 0 Å². The molecular weight excluding hydrogens is 232 g/mol. The minimum atomic E-state index is -0.541. The van der Waals surface area contributed by atoms with Crippen LogP contribution >= 0.6 is 0 Å². The van der Waals surface area contributed by atoms with E-state index in [4.69, 9.17) is 10.5 Å². The van der Waals surface area contributed by atoms with Crippen molar-refractivity contribution in [2.45, 2.75) is 0 Å². The van der Waals surface area contributed by atoms with Crippen molar-refractivity contribution in [3.05, 3.63) is 45.9 Å². The highest BCUT2D eigenvalue weighted by Crippen LogP contribution is 2.14. The van der Waals surface area contributed by atoms with Gasteiger partial charge >= 0.3 is 0 Å². The minimum absolute atomic E-state index is 0.184. The van der Waals surface area contributed by atoms with Crippen molar-refractivity contribution in [2.75, 3.05) is 0 Å². The summed E-state index contributed by atoms with van der Waals surface area (Å²) in [4.78, 5) is 15.8. The van der Waals surface area contributed by atoms with E-state index < -0.39 is 11.4 Å². The number of fused-ring (bicyclic) bond motifs is 1. The summed E-state index contributed by atoms with van der Waals surface area (Å²) < 4.78 is 1.22. The van der Waals surface area contributed by atoms with Gasteiger partial charge in [0.25, 0.3) is 5.56 Å². The van der Waals surface area contributed by atoms with Crippen LogP contribution in [0.3, 0.4) is 0 Å². The van der Waals surface area contributed by atoms with Gasteiger partial charge in [-0.1, -0.05) is 6.07 Å². The number of pyridine rings is 1. The Hall–Kier alpha value is -3.12. The molecule has 0 aliphatic carbocycles. The van der Waals surface area contributed by atoms with Crippen molar-refractivity contribution in [1.29, 1.82) is 10.5 Å². The summed E-state index contributed by atoms with van der Waals surface area (Å²) in [5.41, 5.74) is -0.717. The molecule has 0 aliphatic rings. The van der Waals surface area contributed by atoms with Crippen molar-refractivity contribution in [3.63, 3.8) is 0 Å². The highest BCUT2D eigenvalue weighted by Gasteiger charge is 2.10. The van der Waals surface area contributed by atoms with Gasteiger partial charge in [0.15, 0.2) is 0 Å². The average Bonchev–Trinajstić information content (AvgIpc) is 2.39. The lowest BCUT2D eigenvalue weighted by Crippen LogP contribution is -2.17. The van der Waals surface area contributed by atoms with Crippen molar-refractivity contribution >= 4 is 11.7 Å². The normalized spacial score (nSPS) is 9.44. The lowest BCUT2D eigenvalue weighted by Gasteiger charge is -2.02. The Balaban J connectivity index is 2.82. The van der Waals surface area contributed by atoms with Crippen LogP contribution in [0, 0.1) is 22.7 Å². The summed E-state index contributed by atoms with van der Waals surface area (Å²) >= 11 is 0. The monoisotopic (exact) mass is 238 g/mol. The zero-order valence-electron chi connectivity index (χ0n) is 9.03. The second kappa shape index (κ2) is 4.40. The minimum Gasteiger partial charge on any atom is -0.493 e. The third-order valence-corrected chi connectivity index (χ3v) is 2.28. The maximum absolute atomic E-state index is 12.0. The van der Waals surface area contributed by atoms with Crippen molar-refractivity contribution in [2.24, 2.45) is 0 Å². The largest absolute Gasteiger partial charge is 0.493 e. The molecule has 0 aromatic carbocycles. The first-order chi connectivity index (χ1) is 8.67. The van der Waals surface area contributed by atoms with Crippen LogP contribution in [0.15, 0.2) is 34.8 Å². The molecule has 18 heavy (non-hydrogen) atoms. The number of rotatable bonds is 1. The van der Waals surface area contributed by atoms with Crippen LogP contribution in [0.1, 0.15) is 5.56 Å². The standard InChI is InChI=1S/C12H6N4O2/c13-6-8(7-14)5-9-11(17)15-10-3-1-2-4-16(10)12(9)18/h1-5,17H. The van der Waals surface area contributed by atoms with E-state index in [9.17, 15) is 9.90 Å². The summed E-state index contributed by atoms with van der Waals surface area (Å²) in [7, 11) is 0. The van der Waals surface area contributed by atoms with Crippen LogP contribution < -0.4 is 5.56 Å². The molecule has 0 saturated carbocycles. The lowest BCUT2D eigenvalue weighted by molar-refractivity contribution is 0.451. The van der Waals surface area contributed by atoms with Gasteiger partial charge in [0, 0.05) is 6.20 Å². The Morgan fingerprint density at radius 1 is 1.39 bits per heavy atom. The zero-order chi connectivity index (χ0) is 13.1. The molecule has 0 unspecified atom stereocenters. The molecular formula is C12H6N4O2. The second-order valence-corrected chi connectivity index (χ2v) is 3.36. The second-order valence-electron chi connectivity index (χ2n) is 3.36. The first kappa shape index (κ1) is 11.4. The average molecular weight is 238 g/mol. The van der Waals surface area contributed by atoms with E-state index in [1.807, 2.05) is 0 Å². The van der Waals surface area contributed by atoms with Crippen LogP contribution in [0.4, 0.5) is 0 Å². The molecule has 6 nitrogen and oxygen atoms in total. The topological polar surface area (TPSA) is 102 Å². The predicted molar refractivity (Wildman–Crippen MR) is 62.3 cm³/mol. The molecule has 0 saturated heterocycles. The fourth-order valence-electron chi connectivity index (χ4n) is 1.45. The Kier molecular flexibility index (Phi) is 2.78. The Morgan fingerprint density at radius 2 is 2.11 bits per heavy atom. The Morgan fingerprint density at radius 3 is 2.78 bits per heavy atom. The SMILES string of the molecule is N#CC(C#N)=Cc1c(O)nc2ccccn2c1=O. The highest BCUT2D eigenvalue weighted by molar-refractivity contribution is 5.65. The Labute approximate surface area is 101 Å².